The van der Waals surface area contributed by atoms with Gasteiger partial charge >= 0.3 is 0 Å². The van der Waals surface area contributed by atoms with Crippen LogP contribution >= 0.6 is 0 Å². The lowest BCUT2D eigenvalue weighted by Gasteiger charge is -2.16. The Bertz CT molecular complexity index is 1100. The Morgan fingerprint density at radius 3 is 2.43 bits per heavy atom. The van der Waals surface area contributed by atoms with Gasteiger partial charge in [-0.25, -0.2) is 9.37 Å². The molecule has 0 aliphatic heterocycles. The number of anilines is 1. The van der Waals surface area contributed by atoms with E-state index in [4.69, 9.17) is 5.73 Å². The topological polar surface area (TPSA) is 63.8 Å². The zero-order valence-corrected chi connectivity index (χ0v) is 16.5. The van der Waals surface area contributed by atoms with Crippen LogP contribution in [0.15, 0.2) is 91.4 Å². The minimum atomic E-state index is -0.276. The van der Waals surface area contributed by atoms with E-state index in [-0.39, 0.29) is 11.9 Å². The highest BCUT2D eigenvalue weighted by molar-refractivity contribution is 5.84. The molecule has 1 atom stereocenters. The molecular weight excluding hydrogens is 375 g/mol. The molecule has 0 aliphatic carbocycles. The van der Waals surface area contributed by atoms with Crippen LogP contribution in [0, 0.1) is 5.82 Å². The summed E-state index contributed by atoms with van der Waals surface area (Å²) in [6.45, 7) is 0.594. The Morgan fingerprint density at radius 1 is 0.867 bits per heavy atom. The predicted molar refractivity (Wildman–Crippen MR) is 119 cm³/mol. The highest BCUT2D eigenvalue weighted by atomic mass is 19.1. The number of hydrogen-bond acceptors (Lipinski definition) is 4. The molecule has 2 aromatic carbocycles. The predicted octanol–water partition coefficient (Wildman–Crippen LogP) is 4.93. The van der Waals surface area contributed by atoms with Gasteiger partial charge in [0, 0.05) is 36.7 Å². The van der Waals surface area contributed by atoms with Crippen LogP contribution in [-0.2, 0) is 6.42 Å². The smallest absolute Gasteiger partial charge is 0.126 e. The third-order valence-corrected chi connectivity index (χ3v) is 4.92. The first-order chi connectivity index (χ1) is 14.7. The number of nitrogens with two attached hydrogens (primary N) is 1. The summed E-state index contributed by atoms with van der Waals surface area (Å²) in [4.78, 5) is 8.65. The van der Waals surface area contributed by atoms with E-state index >= 15 is 0 Å². The van der Waals surface area contributed by atoms with Gasteiger partial charge < -0.3 is 11.1 Å². The van der Waals surface area contributed by atoms with Crippen molar-refractivity contribution in [1.29, 1.82) is 0 Å². The van der Waals surface area contributed by atoms with Gasteiger partial charge in [-0.2, -0.15) is 0 Å². The fourth-order valence-electron chi connectivity index (χ4n) is 3.43. The molecule has 3 N–H and O–H groups in total. The van der Waals surface area contributed by atoms with Crippen molar-refractivity contribution >= 4 is 5.82 Å². The maximum atomic E-state index is 13.8. The molecule has 4 aromatic rings. The number of benzene rings is 2. The summed E-state index contributed by atoms with van der Waals surface area (Å²) in [7, 11) is 0. The summed E-state index contributed by atoms with van der Waals surface area (Å²) in [6, 6.07) is 22.5. The van der Waals surface area contributed by atoms with Crippen molar-refractivity contribution < 1.29 is 4.39 Å². The van der Waals surface area contributed by atoms with Crippen molar-refractivity contribution in [2.24, 2.45) is 5.73 Å². The number of aromatic nitrogens is 2. The van der Waals surface area contributed by atoms with Crippen LogP contribution in [0.4, 0.5) is 10.2 Å². The van der Waals surface area contributed by atoms with Crippen molar-refractivity contribution in [2.45, 2.75) is 12.5 Å². The number of hydrogen-bond donors (Lipinski definition) is 2. The Labute approximate surface area is 175 Å². The maximum Gasteiger partial charge on any atom is 0.126 e. The van der Waals surface area contributed by atoms with Crippen molar-refractivity contribution in [3.05, 3.63) is 103 Å². The van der Waals surface area contributed by atoms with Gasteiger partial charge in [0.1, 0.15) is 11.6 Å². The summed E-state index contributed by atoms with van der Waals surface area (Å²) in [5.74, 6) is 0.452. The number of nitrogens with zero attached hydrogens (tertiary/aromatic N) is 2. The molecule has 30 heavy (non-hydrogen) atoms. The molecular formula is C25H23FN4. The molecule has 0 unspecified atom stereocenters. The minimum absolute atomic E-state index is 0.0403. The maximum absolute atomic E-state index is 13.8. The lowest BCUT2D eigenvalue weighted by atomic mass is 9.97. The van der Waals surface area contributed by atoms with Gasteiger partial charge in [-0.3, -0.25) is 4.98 Å². The summed E-state index contributed by atoms with van der Waals surface area (Å²) < 4.78 is 13.8. The summed E-state index contributed by atoms with van der Waals surface area (Å²) in [6.07, 6.45) is 6.05. The number of nitrogens with one attached hydrogen (secondary N) is 1. The Hall–Kier alpha value is -3.57. The molecule has 150 valence electrons. The molecule has 0 bridgehead atoms. The van der Waals surface area contributed by atoms with Gasteiger partial charge in [-0.05, 0) is 59.0 Å². The van der Waals surface area contributed by atoms with Gasteiger partial charge in [0.15, 0.2) is 0 Å². The number of pyridine rings is 2. The molecule has 0 aliphatic rings. The second-order valence-electron chi connectivity index (χ2n) is 7.19. The van der Waals surface area contributed by atoms with Crippen LogP contribution in [0.5, 0.6) is 0 Å². The van der Waals surface area contributed by atoms with E-state index in [9.17, 15) is 4.39 Å². The first-order valence-electron chi connectivity index (χ1n) is 9.89. The minimum Gasteiger partial charge on any atom is -0.368 e. The summed E-state index contributed by atoms with van der Waals surface area (Å²) in [5, 5.41) is 3.34. The van der Waals surface area contributed by atoms with E-state index in [2.05, 4.69) is 27.4 Å². The van der Waals surface area contributed by atoms with E-state index in [0.717, 1.165) is 34.5 Å². The lowest BCUT2D eigenvalue weighted by molar-refractivity contribution is 0.628. The first kappa shape index (κ1) is 19.7. The van der Waals surface area contributed by atoms with E-state index in [1.807, 2.05) is 42.5 Å². The molecule has 0 spiro atoms. The third kappa shape index (κ3) is 4.88. The number of halogens is 1. The van der Waals surface area contributed by atoms with Crippen LogP contribution in [0.2, 0.25) is 0 Å². The van der Waals surface area contributed by atoms with Gasteiger partial charge in [-0.1, -0.05) is 42.5 Å². The first-order valence-corrected chi connectivity index (χ1v) is 9.89. The number of rotatable bonds is 7. The monoisotopic (exact) mass is 398 g/mol. The molecule has 2 aromatic heterocycles. The van der Waals surface area contributed by atoms with Gasteiger partial charge in [0.2, 0.25) is 0 Å². The summed E-state index contributed by atoms with van der Waals surface area (Å²) in [5.41, 5.74) is 11.1. The standard InChI is InChI=1S/C25H23FN4/c26-21-8-4-7-20(14-21)24-17-30-25(15-23(24)19-9-11-28-12-10-19)29-16-22(27)13-18-5-2-1-3-6-18/h1-12,14-15,17,22H,13,16,27H2,(H,29,30)/t22-/m0/s1. The second kappa shape index (κ2) is 9.29. The van der Waals surface area contributed by atoms with Crippen molar-refractivity contribution in [2.75, 3.05) is 11.9 Å². The van der Waals surface area contributed by atoms with E-state index in [0.29, 0.717) is 6.54 Å². The fraction of sp³-hybridized carbons (Fsp3) is 0.120. The largest absolute Gasteiger partial charge is 0.368 e. The van der Waals surface area contributed by atoms with E-state index in [1.54, 1.807) is 24.7 Å². The lowest BCUT2D eigenvalue weighted by Crippen LogP contribution is -2.31. The molecule has 2 heterocycles. The SMILES string of the molecule is N[C@H](CNc1cc(-c2ccncc2)c(-c2cccc(F)c2)cn1)Cc1ccccc1. The van der Waals surface area contributed by atoms with E-state index in [1.165, 1.54) is 17.7 Å². The Morgan fingerprint density at radius 2 is 1.67 bits per heavy atom. The van der Waals surface area contributed by atoms with Crippen LogP contribution in [0.1, 0.15) is 5.56 Å². The zero-order valence-electron chi connectivity index (χ0n) is 16.5. The Kier molecular flexibility index (Phi) is 6.11. The molecule has 0 saturated carbocycles. The molecule has 5 heteroatoms. The highest BCUT2D eigenvalue weighted by Crippen LogP contribution is 2.33. The molecule has 0 radical (unpaired) electrons. The van der Waals surface area contributed by atoms with Crippen LogP contribution in [0.3, 0.4) is 0 Å². The van der Waals surface area contributed by atoms with E-state index < -0.39 is 0 Å². The zero-order chi connectivity index (χ0) is 20.8. The van der Waals surface area contributed by atoms with Crippen molar-refractivity contribution in [3.8, 4) is 22.3 Å². The van der Waals surface area contributed by atoms with Gasteiger partial charge in [0.25, 0.3) is 0 Å². The summed E-state index contributed by atoms with van der Waals surface area (Å²) >= 11 is 0. The molecule has 0 fully saturated rings. The quantitative estimate of drug-likeness (QED) is 0.463. The normalized spacial score (nSPS) is 11.8. The third-order valence-electron chi connectivity index (χ3n) is 4.92. The molecule has 0 saturated heterocycles. The van der Waals surface area contributed by atoms with Crippen LogP contribution < -0.4 is 11.1 Å². The average Bonchev–Trinajstić information content (AvgIpc) is 2.79. The molecule has 0 amide bonds. The second-order valence-corrected chi connectivity index (χ2v) is 7.19. The Balaban J connectivity index is 1.58. The molecule has 4 nitrogen and oxygen atoms in total. The van der Waals surface area contributed by atoms with Crippen LogP contribution in [-0.4, -0.2) is 22.6 Å². The van der Waals surface area contributed by atoms with Crippen molar-refractivity contribution in [3.63, 3.8) is 0 Å². The van der Waals surface area contributed by atoms with Gasteiger partial charge in [-0.15, -0.1) is 0 Å². The molecule has 4 rings (SSSR count). The van der Waals surface area contributed by atoms with Gasteiger partial charge in [0.05, 0.1) is 0 Å². The highest BCUT2D eigenvalue weighted by Gasteiger charge is 2.12. The fourth-order valence-corrected chi connectivity index (χ4v) is 3.43. The van der Waals surface area contributed by atoms with Crippen LogP contribution in [0.25, 0.3) is 22.3 Å². The average molecular weight is 398 g/mol. The van der Waals surface area contributed by atoms with Crippen molar-refractivity contribution in [1.82, 2.24) is 9.97 Å².